The Kier molecular flexibility index (Phi) is 3.05. The van der Waals surface area contributed by atoms with Gasteiger partial charge in [-0.15, -0.1) is 0 Å². The van der Waals surface area contributed by atoms with Crippen LogP contribution >= 0.6 is 0 Å². The minimum atomic E-state index is -2.16. The summed E-state index contributed by atoms with van der Waals surface area (Å²) in [6.07, 6.45) is 6.31. The van der Waals surface area contributed by atoms with Crippen molar-refractivity contribution in [3.63, 3.8) is 0 Å². The summed E-state index contributed by atoms with van der Waals surface area (Å²) in [5.74, 6) is 0.643. The Morgan fingerprint density at radius 2 is 2.31 bits per heavy atom. The van der Waals surface area contributed by atoms with E-state index in [1.807, 2.05) is 19.1 Å². The molecule has 0 radical (unpaired) electrons. The van der Waals surface area contributed by atoms with Crippen LogP contribution in [0.2, 0.25) is 0 Å². The fourth-order valence-corrected chi connectivity index (χ4v) is 1.95. The maximum Gasteiger partial charge on any atom is 0.217 e. The van der Waals surface area contributed by atoms with E-state index in [2.05, 4.69) is 5.16 Å². The molecule has 2 rings (SSSR count). The van der Waals surface area contributed by atoms with E-state index in [9.17, 15) is 8.42 Å². The molecule has 16 heavy (non-hydrogen) atoms. The molecule has 4 nitrogen and oxygen atoms in total. The first-order chi connectivity index (χ1) is 7.70. The van der Waals surface area contributed by atoms with E-state index in [4.69, 9.17) is 4.52 Å². The Balaban J connectivity index is 2.33. The summed E-state index contributed by atoms with van der Waals surface area (Å²) >= 11 is 0. The van der Waals surface area contributed by atoms with E-state index >= 15 is 0 Å². The van der Waals surface area contributed by atoms with Crippen LogP contribution in [0.1, 0.15) is 24.8 Å². The topological polar surface area (TPSA) is 60.2 Å². The highest BCUT2D eigenvalue weighted by molar-refractivity contribution is 7.73. The minimum absolute atomic E-state index is 0.366. The summed E-state index contributed by atoms with van der Waals surface area (Å²) in [5, 5.41) is 3.88. The molecule has 0 aromatic carbocycles. The molecule has 84 valence electrons. The molecule has 0 saturated carbocycles. The van der Waals surface area contributed by atoms with Gasteiger partial charge in [-0.2, -0.15) is 8.42 Å². The number of allylic oxidation sites excluding steroid dienone is 4. The Labute approximate surface area is 94.8 Å². The second-order valence-corrected chi connectivity index (χ2v) is 4.46. The molecule has 0 N–H and O–H groups in total. The molecule has 0 spiro atoms. The molecule has 0 bridgehead atoms. The summed E-state index contributed by atoms with van der Waals surface area (Å²) in [7, 11) is -2.16. The number of rotatable bonds is 2. The van der Waals surface area contributed by atoms with E-state index in [1.54, 1.807) is 12.2 Å². The summed E-state index contributed by atoms with van der Waals surface area (Å²) in [4.78, 5) is 0.368. The van der Waals surface area contributed by atoms with E-state index in [1.165, 1.54) is 0 Å². The number of aromatic nitrogens is 1. The van der Waals surface area contributed by atoms with Gasteiger partial charge in [-0.25, -0.2) is 0 Å². The van der Waals surface area contributed by atoms with Gasteiger partial charge in [0.25, 0.3) is 0 Å². The van der Waals surface area contributed by atoms with Gasteiger partial charge in [-0.05, 0) is 12.5 Å². The minimum Gasteiger partial charge on any atom is -0.356 e. The van der Waals surface area contributed by atoms with Crippen molar-refractivity contribution in [1.82, 2.24) is 5.16 Å². The predicted molar refractivity (Wildman–Crippen MR) is 61.5 cm³/mol. The van der Waals surface area contributed by atoms with Gasteiger partial charge in [0.1, 0.15) is 0 Å². The van der Waals surface area contributed by atoms with Crippen molar-refractivity contribution in [2.45, 2.75) is 19.8 Å². The summed E-state index contributed by atoms with van der Waals surface area (Å²) in [6.45, 7) is 1.99. The average Bonchev–Trinajstić information content (AvgIpc) is 2.77. The molecule has 1 aliphatic carbocycles. The molecule has 0 aliphatic heterocycles. The number of hydrogen-bond acceptors (Lipinski definition) is 4. The van der Waals surface area contributed by atoms with Gasteiger partial charge in [0.15, 0.2) is 5.76 Å². The molecule has 1 aromatic rings. The van der Waals surface area contributed by atoms with Gasteiger partial charge in [-0.3, -0.25) is 0 Å². The number of hydrogen-bond donors (Lipinski definition) is 0. The molecule has 0 saturated heterocycles. The van der Waals surface area contributed by atoms with Crippen molar-refractivity contribution in [2.24, 2.45) is 0 Å². The molecule has 1 aromatic heterocycles. The molecular formula is C11H11NO3S. The van der Waals surface area contributed by atoms with E-state index < -0.39 is 10.3 Å². The Morgan fingerprint density at radius 1 is 1.50 bits per heavy atom. The summed E-state index contributed by atoms with van der Waals surface area (Å²) in [6, 6.07) is 1.84. The van der Waals surface area contributed by atoms with E-state index in [-0.39, 0.29) is 0 Å². The van der Waals surface area contributed by atoms with Crippen molar-refractivity contribution in [2.75, 3.05) is 0 Å². The van der Waals surface area contributed by atoms with E-state index in [0.29, 0.717) is 17.0 Å². The van der Waals surface area contributed by atoms with Crippen molar-refractivity contribution in [1.29, 1.82) is 0 Å². The summed E-state index contributed by atoms with van der Waals surface area (Å²) < 4.78 is 26.8. The van der Waals surface area contributed by atoms with Crippen LogP contribution in [-0.2, 0) is 16.7 Å². The van der Waals surface area contributed by atoms with Crippen LogP contribution in [0, 0.1) is 0 Å². The second kappa shape index (κ2) is 4.49. The lowest BCUT2D eigenvalue weighted by molar-refractivity contribution is 0.403. The molecule has 5 heteroatoms. The third kappa shape index (κ3) is 2.14. The molecule has 0 unspecified atom stereocenters. The van der Waals surface area contributed by atoms with Gasteiger partial charge in [0.05, 0.1) is 10.6 Å². The average molecular weight is 237 g/mol. The fourth-order valence-electron chi connectivity index (χ4n) is 1.49. The molecule has 1 aliphatic rings. The second-order valence-electron chi connectivity index (χ2n) is 3.46. The fraction of sp³-hybridized carbons (Fsp3) is 0.273. The first-order valence-electron chi connectivity index (χ1n) is 4.99. The first kappa shape index (κ1) is 10.9. The standard InChI is InChI=1S/C11H11NO3S/c1-2-9-7-11(15-12-9)8-4-3-5-10(6-8)16(13)14/h3-5,7H,2,6H2,1H3. The third-order valence-electron chi connectivity index (χ3n) is 2.40. The van der Waals surface area contributed by atoms with Crippen molar-refractivity contribution < 1.29 is 12.9 Å². The Bertz CT molecular complexity index is 583. The van der Waals surface area contributed by atoms with Crippen LogP contribution in [-0.4, -0.2) is 18.4 Å². The van der Waals surface area contributed by atoms with E-state index in [0.717, 1.165) is 17.7 Å². The van der Waals surface area contributed by atoms with Gasteiger partial charge >= 0.3 is 0 Å². The molecule has 0 amide bonds. The Hall–Kier alpha value is -1.62. The summed E-state index contributed by atoms with van der Waals surface area (Å²) in [5.41, 5.74) is 1.71. The zero-order valence-corrected chi connectivity index (χ0v) is 9.62. The highest BCUT2D eigenvalue weighted by Gasteiger charge is 2.13. The van der Waals surface area contributed by atoms with Gasteiger partial charge in [-0.1, -0.05) is 24.2 Å². The van der Waals surface area contributed by atoms with Crippen molar-refractivity contribution in [3.8, 4) is 0 Å². The van der Waals surface area contributed by atoms with Crippen LogP contribution in [0.15, 0.2) is 28.8 Å². The lowest BCUT2D eigenvalue weighted by Crippen LogP contribution is -2.00. The maximum atomic E-state index is 10.8. The normalized spacial score (nSPS) is 15.1. The van der Waals surface area contributed by atoms with Crippen LogP contribution in [0.4, 0.5) is 0 Å². The Morgan fingerprint density at radius 3 is 2.94 bits per heavy atom. The SMILES string of the molecule is CCc1cc(C2=CC=CC(=S(=O)=O)C2)on1. The molecular weight excluding hydrogens is 226 g/mol. The molecule has 1 heterocycles. The monoisotopic (exact) mass is 237 g/mol. The molecule has 0 atom stereocenters. The lowest BCUT2D eigenvalue weighted by Gasteiger charge is -2.04. The predicted octanol–water partition coefficient (Wildman–Crippen LogP) is 1.63. The number of nitrogens with zero attached hydrogens (tertiary/aromatic N) is 1. The van der Waals surface area contributed by atoms with Gasteiger partial charge in [0.2, 0.25) is 10.3 Å². The zero-order chi connectivity index (χ0) is 11.5. The van der Waals surface area contributed by atoms with Crippen LogP contribution in [0.3, 0.4) is 0 Å². The van der Waals surface area contributed by atoms with Crippen LogP contribution in [0.25, 0.3) is 5.57 Å². The highest BCUT2D eigenvalue weighted by Crippen LogP contribution is 2.22. The number of aryl methyl sites for hydroxylation is 1. The smallest absolute Gasteiger partial charge is 0.217 e. The van der Waals surface area contributed by atoms with Gasteiger partial charge < -0.3 is 4.52 Å². The zero-order valence-electron chi connectivity index (χ0n) is 8.80. The highest BCUT2D eigenvalue weighted by atomic mass is 32.2. The van der Waals surface area contributed by atoms with Crippen molar-refractivity contribution in [3.05, 3.63) is 35.7 Å². The third-order valence-corrected chi connectivity index (χ3v) is 3.10. The van der Waals surface area contributed by atoms with Gasteiger partial charge in [0, 0.05) is 18.1 Å². The largest absolute Gasteiger partial charge is 0.356 e. The lowest BCUT2D eigenvalue weighted by atomic mass is 10.0. The quantitative estimate of drug-likeness (QED) is 0.733. The van der Waals surface area contributed by atoms with Crippen molar-refractivity contribution >= 4 is 20.7 Å². The maximum absolute atomic E-state index is 10.8. The molecule has 0 fully saturated rings. The van der Waals surface area contributed by atoms with Crippen LogP contribution < -0.4 is 0 Å². The first-order valence-corrected chi connectivity index (χ1v) is 6.06. The van der Waals surface area contributed by atoms with Crippen LogP contribution in [0.5, 0.6) is 0 Å².